The van der Waals surface area contributed by atoms with E-state index in [4.69, 9.17) is 13.6 Å². The van der Waals surface area contributed by atoms with Crippen molar-refractivity contribution in [1.29, 1.82) is 0 Å². The van der Waals surface area contributed by atoms with E-state index in [9.17, 15) is 0 Å². The lowest BCUT2D eigenvalue weighted by Gasteiger charge is -2.19. The maximum Gasteiger partial charge on any atom is 0.257 e. The van der Waals surface area contributed by atoms with E-state index < -0.39 is 7.57 Å². The fourth-order valence-electron chi connectivity index (χ4n) is 1.10. The summed E-state index contributed by atoms with van der Waals surface area (Å²) in [5.74, 6) is 1.88. The third-order valence-electron chi connectivity index (χ3n) is 1.87. The largest absolute Gasteiger partial charge is 0.320 e. The molecule has 0 bridgehead atoms. The summed E-state index contributed by atoms with van der Waals surface area (Å²) in [6, 6.07) is 9.84. The second-order valence-corrected chi connectivity index (χ2v) is 5.06. The maximum atomic E-state index is 5.25. The molecule has 1 aromatic rings. The van der Waals surface area contributed by atoms with Gasteiger partial charge in [-0.3, -0.25) is 0 Å². The van der Waals surface area contributed by atoms with Gasteiger partial charge in [0.25, 0.3) is 7.57 Å². The van der Waals surface area contributed by atoms with Crippen LogP contribution in [0.15, 0.2) is 30.3 Å². The standard InChI is InChI=1S/C10H15O3P/c1-11-14(12-2,13-3)9-10-7-5-4-6-8-10/h4-9H,1-3H3. The van der Waals surface area contributed by atoms with E-state index in [1.165, 1.54) is 0 Å². The minimum Gasteiger partial charge on any atom is -0.320 e. The average Bonchev–Trinajstić information content (AvgIpc) is 2.28. The second-order valence-electron chi connectivity index (χ2n) is 2.63. The molecule has 78 valence electrons. The summed E-state index contributed by atoms with van der Waals surface area (Å²) in [6.07, 6.45) is 0. The highest BCUT2D eigenvalue weighted by Gasteiger charge is 2.14. The summed E-state index contributed by atoms with van der Waals surface area (Å²) in [6.45, 7) is 0. The van der Waals surface area contributed by atoms with Crippen molar-refractivity contribution in [2.45, 2.75) is 0 Å². The van der Waals surface area contributed by atoms with Crippen LogP contribution in [0, 0.1) is 0 Å². The molecule has 0 atom stereocenters. The molecule has 0 amide bonds. The van der Waals surface area contributed by atoms with Crippen molar-refractivity contribution < 1.29 is 13.6 Å². The molecule has 3 nitrogen and oxygen atoms in total. The van der Waals surface area contributed by atoms with Gasteiger partial charge < -0.3 is 13.6 Å². The quantitative estimate of drug-likeness (QED) is 0.721. The fourth-order valence-corrected chi connectivity index (χ4v) is 2.40. The van der Waals surface area contributed by atoms with Crippen LogP contribution in [0.4, 0.5) is 0 Å². The lowest BCUT2D eigenvalue weighted by Crippen LogP contribution is -1.96. The van der Waals surface area contributed by atoms with E-state index in [1.807, 2.05) is 36.1 Å². The molecule has 0 aliphatic rings. The minimum atomic E-state index is -2.29. The summed E-state index contributed by atoms with van der Waals surface area (Å²) >= 11 is 0. The van der Waals surface area contributed by atoms with Gasteiger partial charge in [0.05, 0.1) is 0 Å². The Kier molecular flexibility index (Phi) is 4.36. The molecule has 0 saturated carbocycles. The Morgan fingerprint density at radius 3 is 1.86 bits per heavy atom. The van der Waals surface area contributed by atoms with Gasteiger partial charge in [0, 0.05) is 27.1 Å². The van der Waals surface area contributed by atoms with Crippen LogP contribution in [-0.4, -0.2) is 27.1 Å². The first-order chi connectivity index (χ1) is 6.76. The molecule has 0 spiro atoms. The van der Waals surface area contributed by atoms with E-state index in [-0.39, 0.29) is 0 Å². The Morgan fingerprint density at radius 2 is 1.43 bits per heavy atom. The lowest BCUT2D eigenvalue weighted by molar-refractivity contribution is 0.233. The highest BCUT2D eigenvalue weighted by molar-refractivity contribution is 7.61. The molecular formula is C10H15O3P. The highest BCUT2D eigenvalue weighted by Crippen LogP contribution is 2.48. The molecule has 0 aromatic heterocycles. The van der Waals surface area contributed by atoms with Gasteiger partial charge in [-0.25, -0.2) is 0 Å². The molecule has 0 heterocycles. The predicted octanol–water partition coefficient (Wildman–Crippen LogP) is 2.54. The number of hydrogen-bond acceptors (Lipinski definition) is 3. The highest BCUT2D eigenvalue weighted by atomic mass is 31.2. The molecule has 0 radical (unpaired) electrons. The Hall–Kier alpha value is -0.600. The van der Waals surface area contributed by atoms with Crippen molar-refractivity contribution >= 4 is 13.4 Å². The predicted molar refractivity (Wildman–Crippen MR) is 59.6 cm³/mol. The van der Waals surface area contributed by atoms with Crippen LogP contribution >= 0.6 is 7.57 Å². The number of benzene rings is 1. The van der Waals surface area contributed by atoms with E-state index >= 15 is 0 Å². The zero-order valence-electron chi connectivity index (χ0n) is 8.64. The van der Waals surface area contributed by atoms with Crippen molar-refractivity contribution in [3.63, 3.8) is 0 Å². The van der Waals surface area contributed by atoms with Crippen LogP contribution in [0.3, 0.4) is 0 Å². The van der Waals surface area contributed by atoms with Gasteiger partial charge in [0.2, 0.25) is 0 Å². The van der Waals surface area contributed by atoms with E-state index in [1.54, 1.807) is 21.3 Å². The molecule has 0 N–H and O–H groups in total. The Labute approximate surface area is 84.8 Å². The minimum absolute atomic E-state index is 1.03. The molecule has 0 unspecified atom stereocenters. The third kappa shape index (κ3) is 2.69. The van der Waals surface area contributed by atoms with Crippen LogP contribution in [0.5, 0.6) is 0 Å². The van der Waals surface area contributed by atoms with Crippen LogP contribution in [-0.2, 0) is 13.6 Å². The zero-order valence-corrected chi connectivity index (χ0v) is 9.53. The van der Waals surface area contributed by atoms with Crippen LogP contribution in [0.1, 0.15) is 5.56 Å². The van der Waals surface area contributed by atoms with Crippen molar-refractivity contribution in [1.82, 2.24) is 0 Å². The van der Waals surface area contributed by atoms with Crippen molar-refractivity contribution in [3.8, 4) is 0 Å². The summed E-state index contributed by atoms with van der Waals surface area (Å²) in [4.78, 5) is 0. The first-order valence-corrected chi connectivity index (χ1v) is 5.84. The Balaban J connectivity index is 3.05. The molecular weight excluding hydrogens is 199 g/mol. The fraction of sp³-hybridized carbons (Fsp3) is 0.300. The van der Waals surface area contributed by atoms with E-state index in [0.717, 1.165) is 5.56 Å². The Morgan fingerprint density at radius 1 is 0.929 bits per heavy atom. The van der Waals surface area contributed by atoms with Gasteiger partial charge in [-0.15, -0.1) is 0 Å². The molecule has 0 fully saturated rings. The van der Waals surface area contributed by atoms with Crippen molar-refractivity contribution in [2.24, 2.45) is 0 Å². The van der Waals surface area contributed by atoms with Crippen molar-refractivity contribution in [3.05, 3.63) is 35.9 Å². The van der Waals surface area contributed by atoms with E-state index in [2.05, 4.69) is 0 Å². The topological polar surface area (TPSA) is 27.7 Å². The number of rotatable bonds is 4. The van der Waals surface area contributed by atoms with Crippen LogP contribution in [0.25, 0.3) is 0 Å². The summed E-state index contributed by atoms with van der Waals surface area (Å²) < 4.78 is 15.8. The maximum absolute atomic E-state index is 5.25. The second kappa shape index (κ2) is 5.32. The summed E-state index contributed by atoms with van der Waals surface area (Å²) in [7, 11) is 2.46. The van der Waals surface area contributed by atoms with Gasteiger partial charge >= 0.3 is 0 Å². The van der Waals surface area contributed by atoms with Crippen LogP contribution in [0.2, 0.25) is 0 Å². The SMILES string of the molecule is COP(=Cc1ccccc1)(OC)OC. The monoisotopic (exact) mass is 214 g/mol. The number of hydrogen-bond donors (Lipinski definition) is 0. The molecule has 0 saturated heterocycles. The Bertz CT molecular complexity index is 302. The first-order valence-electron chi connectivity index (χ1n) is 4.23. The molecule has 4 heteroatoms. The zero-order chi connectivity index (χ0) is 10.4. The smallest absolute Gasteiger partial charge is 0.257 e. The third-order valence-corrected chi connectivity index (χ3v) is 4.01. The molecule has 1 rings (SSSR count). The first kappa shape index (κ1) is 11.5. The molecule has 1 aromatic carbocycles. The van der Waals surface area contributed by atoms with Gasteiger partial charge in [0.15, 0.2) is 0 Å². The van der Waals surface area contributed by atoms with Crippen molar-refractivity contribution in [2.75, 3.05) is 21.3 Å². The van der Waals surface area contributed by atoms with Gasteiger partial charge in [-0.2, -0.15) is 0 Å². The lowest BCUT2D eigenvalue weighted by atomic mass is 10.2. The van der Waals surface area contributed by atoms with Crippen LogP contribution < -0.4 is 0 Å². The van der Waals surface area contributed by atoms with Gasteiger partial charge in [0.1, 0.15) is 0 Å². The molecule has 14 heavy (non-hydrogen) atoms. The average molecular weight is 214 g/mol. The van der Waals surface area contributed by atoms with Gasteiger partial charge in [-0.05, 0) is 5.56 Å². The van der Waals surface area contributed by atoms with E-state index in [0.29, 0.717) is 0 Å². The normalized spacial score (nSPS) is 11.4. The van der Waals surface area contributed by atoms with Gasteiger partial charge in [-0.1, -0.05) is 30.3 Å². The summed E-state index contributed by atoms with van der Waals surface area (Å²) in [5.41, 5.74) is 1.03. The molecule has 0 aliphatic heterocycles. The molecule has 0 aliphatic carbocycles. The summed E-state index contributed by atoms with van der Waals surface area (Å²) in [5, 5.41) is 0.